The van der Waals surface area contributed by atoms with Gasteiger partial charge in [-0.15, -0.1) is 0 Å². The Kier molecular flexibility index (Phi) is 2.22. The molecule has 0 saturated carbocycles. The summed E-state index contributed by atoms with van der Waals surface area (Å²) in [6, 6.07) is -14.8. The van der Waals surface area contributed by atoms with Crippen LogP contribution in [0.2, 0.25) is 0 Å². The lowest BCUT2D eigenvalue weighted by atomic mass is 10.2. The molecule has 0 fully saturated rings. The Labute approximate surface area is 202 Å². The van der Waals surface area contributed by atoms with Crippen LogP contribution in [-0.4, -0.2) is 8.07 Å². The highest BCUT2D eigenvalue weighted by molar-refractivity contribution is 6.90. The first-order chi connectivity index (χ1) is 22.1. The summed E-state index contributed by atoms with van der Waals surface area (Å²) in [4.78, 5) is 0. The monoisotopic (exact) mass is 411 g/mol. The summed E-state index contributed by atoms with van der Waals surface area (Å²) >= 11 is 0. The molecule has 0 aliphatic carbocycles. The molecule has 0 aliphatic rings. The van der Waals surface area contributed by atoms with Crippen LogP contribution in [0.3, 0.4) is 0 Å². The van der Waals surface area contributed by atoms with Gasteiger partial charge < -0.3 is 0 Å². The third-order valence-electron chi connectivity index (χ3n) is 4.48. The van der Waals surface area contributed by atoms with Crippen LogP contribution in [0, 0.1) is 6.92 Å². The first-order valence-corrected chi connectivity index (χ1v) is 11.5. The number of hydrogen-bond acceptors (Lipinski definition) is 0. The lowest BCUT2D eigenvalue weighted by Gasteiger charge is -2.33. The van der Waals surface area contributed by atoms with E-state index in [2.05, 4.69) is 0 Å². The molecule has 0 unspecified atom stereocenters. The Balaban J connectivity index is 2.31. The van der Waals surface area contributed by atoms with Crippen LogP contribution in [0.4, 0.5) is 0 Å². The SMILES string of the molecule is [2H]c1c([2H])c([2H])c(C[Si](Cc2c([2H])c([2H])c([2H])c([2H])c2[2H])(Cc2c([2H])c([2H])c(C)c([2H])c2[2H])c2c([2H])c([2H])c([2H])c([2H])c2[2H])c([2H])c1[2H]. The summed E-state index contributed by atoms with van der Waals surface area (Å²) in [5.74, 6) is 0. The molecule has 0 aromatic heterocycles. The Morgan fingerprint density at radius 2 is 0.897 bits per heavy atom. The highest BCUT2D eigenvalue weighted by Crippen LogP contribution is 2.23. The fraction of sp³-hybridized carbons (Fsp3) is 0.143. The van der Waals surface area contributed by atoms with E-state index in [4.69, 9.17) is 26.0 Å². The average molecular weight is 412 g/mol. The summed E-state index contributed by atoms with van der Waals surface area (Å²) in [5, 5.41) is -0.399. The van der Waals surface area contributed by atoms with Crippen molar-refractivity contribution in [1.29, 1.82) is 0 Å². The van der Waals surface area contributed by atoms with Gasteiger partial charge in [0.05, 0.1) is 34.1 Å². The molecule has 29 heavy (non-hydrogen) atoms. The summed E-state index contributed by atoms with van der Waals surface area (Å²) in [6.45, 7) is 1.37. The zero-order valence-corrected chi connectivity index (χ0v) is 16.6. The van der Waals surface area contributed by atoms with Gasteiger partial charge in [-0.2, -0.15) is 0 Å². The van der Waals surface area contributed by atoms with Gasteiger partial charge >= 0.3 is 0 Å². The van der Waals surface area contributed by atoms with Gasteiger partial charge in [-0.05, 0) is 25.1 Å². The van der Waals surface area contributed by atoms with E-state index in [0.717, 1.165) is 0 Å². The Hall–Kier alpha value is -2.90. The van der Waals surface area contributed by atoms with Gasteiger partial charge in [0.2, 0.25) is 0 Å². The minimum absolute atomic E-state index is 0.0000596. The maximum atomic E-state index is 8.97. The zero-order chi connectivity index (χ0) is 36.5. The van der Waals surface area contributed by atoms with Gasteiger partial charge in [-0.1, -0.05) is 142 Å². The van der Waals surface area contributed by atoms with E-state index in [0.29, 0.717) is 0 Å². The van der Waals surface area contributed by atoms with E-state index < -0.39 is 146 Å². The third kappa shape index (κ3) is 4.93. The van der Waals surface area contributed by atoms with Crippen molar-refractivity contribution >= 4 is 13.3 Å². The maximum Gasteiger partial charge on any atom is 0.0995 e. The molecule has 0 N–H and O–H groups in total. The molecule has 1 heteroatoms. The average Bonchev–Trinajstić information content (AvgIpc) is 3.06. The molecule has 0 bridgehead atoms. The van der Waals surface area contributed by atoms with Crippen LogP contribution in [0.25, 0.3) is 0 Å². The molecule has 0 aliphatic heterocycles. The second kappa shape index (κ2) is 9.06. The van der Waals surface area contributed by atoms with E-state index >= 15 is 0 Å². The molecule has 0 amide bonds. The van der Waals surface area contributed by atoms with Gasteiger partial charge in [0.1, 0.15) is 0 Å². The lowest BCUT2D eigenvalue weighted by molar-refractivity contribution is 1.15. The molecule has 0 saturated heterocycles. The molecule has 0 nitrogen and oxygen atoms in total. The van der Waals surface area contributed by atoms with Gasteiger partial charge in [0, 0.05) is 0 Å². The van der Waals surface area contributed by atoms with Gasteiger partial charge in [-0.3, -0.25) is 0 Å². The van der Waals surface area contributed by atoms with Crippen LogP contribution in [0.15, 0.2) is 115 Å². The van der Waals surface area contributed by atoms with Crippen molar-refractivity contribution in [2.75, 3.05) is 0 Å². The Bertz CT molecular complexity index is 1730. The first-order valence-electron chi connectivity index (χ1n) is 18.4. The first kappa shape index (κ1) is 7.11. The van der Waals surface area contributed by atoms with E-state index in [1.807, 2.05) is 0 Å². The standard InChI is InChI=1S/C28H28Si/c1-24-17-19-27(20-18-24)23-29(28-15-9-4-10-16-28,21-25-11-5-2-6-12-25)22-26-13-7-3-8-14-26/h2-20H,21-23H2,1H3/i2D,3D,4D,5D,6D,7D,8D,9D,10D,11D,12D,13D,14D,15D,16D,17D,18D,19D,20D. The number of rotatable bonds is 7. The largest absolute Gasteiger partial charge is 0.0995 e. The topological polar surface area (TPSA) is 0 Å². The second-order valence-corrected chi connectivity index (χ2v) is 10.7. The molecule has 0 radical (unpaired) electrons. The molecule has 4 aromatic carbocycles. The van der Waals surface area contributed by atoms with Crippen LogP contribution in [0.5, 0.6) is 0 Å². The summed E-state index contributed by atoms with van der Waals surface area (Å²) in [5.41, 5.74) is -0.975. The summed E-state index contributed by atoms with van der Waals surface area (Å²) in [7, 11) is -4.49. The van der Waals surface area contributed by atoms with Crippen molar-refractivity contribution in [2.45, 2.75) is 25.1 Å². The fourth-order valence-electron chi connectivity index (χ4n) is 3.20. The van der Waals surface area contributed by atoms with Crippen molar-refractivity contribution in [3.63, 3.8) is 0 Å². The molecule has 0 heterocycles. The lowest BCUT2D eigenvalue weighted by Crippen LogP contribution is -2.55. The minimum atomic E-state index is -4.49. The molecular formula is C28H28Si. The molecule has 4 rings (SSSR count). The predicted octanol–water partition coefficient (Wildman–Crippen LogP) is 6.00. The van der Waals surface area contributed by atoms with Crippen molar-refractivity contribution in [3.05, 3.63) is 137 Å². The molecule has 0 spiro atoms. The Morgan fingerprint density at radius 1 is 0.517 bits per heavy atom. The van der Waals surface area contributed by atoms with E-state index in [9.17, 15) is 0 Å². The minimum Gasteiger partial charge on any atom is -0.0630 e. The van der Waals surface area contributed by atoms with Crippen molar-refractivity contribution < 1.29 is 26.0 Å². The summed E-state index contributed by atoms with van der Waals surface area (Å²) in [6.07, 6.45) is 0. The quantitative estimate of drug-likeness (QED) is 0.327. The van der Waals surface area contributed by atoms with Crippen molar-refractivity contribution in [3.8, 4) is 0 Å². The van der Waals surface area contributed by atoms with E-state index in [1.54, 1.807) is 0 Å². The number of benzene rings is 4. The predicted molar refractivity (Wildman–Crippen MR) is 127 cm³/mol. The highest BCUT2D eigenvalue weighted by Gasteiger charge is 2.35. The van der Waals surface area contributed by atoms with Crippen molar-refractivity contribution in [1.82, 2.24) is 0 Å². The van der Waals surface area contributed by atoms with Gasteiger partial charge in [-0.25, -0.2) is 0 Å². The highest BCUT2D eigenvalue weighted by atomic mass is 28.3. The Morgan fingerprint density at radius 3 is 1.34 bits per heavy atom. The van der Waals surface area contributed by atoms with Gasteiger partial charge in [0.25, 0.3) is 0 Å². The number of hydrogen-bond donors (Lipinski definition) is 0. The smallest absolute Gasteiger partial charge is 0.0630 e. The van der Waals surface area contributed by atoms with Crippen LogP contribution in [-0.2, 0) is 18.1 Å². The van der Waals surface area contributed by atoms with Crippen molar-refractivity contribution in [2.24, 2.45) is 0 Å². The molecule has 4 aromatic rings. The molecular weight excluding hydrogens is 364 g/mol. The zero-order valence-electron chi connectivity index (χ0n) is 34.6. The molecule has 144 valence electrons. The molecule has 0 atom stereocenters. The van der Waals surface area contributed by atoms with Gasteiger partial charge in [0.15, 0.2) is 0 Å². The van der Waals surface area contributed by atoms with Crippen LogP contribution in [0.1, 0.15) is 48.3 Å². The third-order valence-corrected chi connectivity index (χ3v) is 8.88. The second-order valence-electron chi connectivity index (χ2n) is 6.62. The normalized spacial score (nSPS) is 20.5. The fourth-order valence-corrected chi connectivity index (χ4v) is 7.32. The van der Waals surface area contributed by atoms with Crippen LogP contribution >= 0.6 is 0 Å². The van der Waals surface area contributed by atoms with E-state index in [1.165, 1.54) is 6.92 Å². The maximum absolute atomic E-state index is 8.97. The van der Waals surface area contributed by atoms with Crippen LogP contribution < -0.4 is 5.19 Å². The van der Waals surface area contributed by atoms with E-state index in [-0.39, 0.29) is 22.3 Å². The summed E-state index contributed by atoms with van der Waals surface area (Å²) < 4.78 is 162.